The summed E-state index contributed by atoms with van der Waals surface area (Å²) in [6, 6.07) is 18.8. The van der Waals surface area contributed by atoms with Crippen LogP contribution < -0.4 is 11.0 Å². The summed E-state index contributed by atoms with van der Waals surface area (Å²) in [7, 11) is 0. The van der Waals surface area contributed by atoms with Crippen molar-refractivity contribution in [2.75, 3.05) is 0 Å². The predicted octanol–water partition coefficient (Wildman–Crippen LogP) is 2.29. The van der Waals surface area contributed by atoms with Crippen molar-refractivity contribution in [3.05, 3.63) is 87.7 Å². The topological polar surface area (TPSA) is 90.1 Å². The average molecular weight is 330 g/mol. The molecule has 122 valence electrons. The number of amides is 1. The Labute approximate surface area is 142 Å². The van der Waals surface area contributed by atoms with Gasteiger partial charge < -0.3 is 0 Å². The first-order chi connectivity index (χ1) is 12.2. The third-order valence-corrected chi connectivity index (χ3v) is 3.98. The van der Waals surface area contributed by atoms with Gasteiger partial charge in [0.15, 0.2) is 0 Å². The van der Waals surface area contributed by atoms with Gasteiger partial charge in [0, 0.05) is 11.1 Å². The number of aromatic nitrogens is 2. The summed E-state index contributed by atoms with van der Waals surface area (Å²) in [4.78, 5) is 24.5. The third-order valence-electron chi connectivity index (χ3n) is 3.98. The number of hydrazone groups is 1. The summed E-state index contributed by atoms with van der Waals surface area (Å²) < 4.78 is 0. The number of hydrogen-bond acceptors (Lipinski definition) is 3. The van der Waals surface area contributed by atoms with E-state index in [0.717, 1.165) is 11.1 Å². The van der Waals surface area contributed by atoms with E-state index in [0.29, 0.717) is 22.5 Å². The maximum Gasteiger partial charge on any atom is 0.273 e. The van der Waals surface area contributed by atoms with Gasteiger partial charge in [0.2, 0.25) is 0 Å². The lowest BCUT2D eigenvalue weighted by molar-refractivity contribution is -0.116. The summed E-state index contributed by atoms with van der Waals surface area (Å²) in [5, 5.41) is 9.57. The van der Waals surface area contributed by atoms with Gasteiger partial charge in [0.1, 0.15) is 5.71 Å². The monoisotopic (exact) mass is 330 g/mol. The zero-order valence-electron chi connectivity index (χ0n) is 13.1. The van der Waals surface area contributed by atoms with Gasteiger partial charge in [-0.1, -0.05) is 60.7 Å². The fraction of sp³-hybridized carbons (Fsp3) is 0. The lowest BCUT2D eigenvalue weighted by atomic mass is 9.99. The number of aromatic amines is 2. The van der Waals surface area contributed by atoms with E-state index >= 15 is 0 Å². The molecule has 1 amide bonds. The summed E-state index contributed by atoms with van der Waals surface area (Å²) in [6.07, 6.45) is 1.58. The number of nitrogens with zero attached hydrogens (tertiary/aromatic N) is 1. The lowest BCUT2D eigenvalue weighted by Gasteiger charge is -2.02. The highest BCUT2D eigenvalue weighted by molar-refractivity contribution is 6.33. The van der Waals surface area contributed by atoms with Crippen molar-refractivity contribution < 1.29 is 4.79 Å². The normalized spacial score (nSPS) is 15.3. The molecule has 1 aliphatic rings. The molecule has 0 fully saturated rings. The van der Waals surface area contributed by atoms with Crippen molar-refractivity contribution in [3.8, 4) is 11.3 Å². The molecule has 0 unspecified atom stereocenters. The number of H-pyrrole nitrogens is 2. The summed E-state index contributed by atoms with van der Waals surface area (Å²) in [5.41, 5.74) is 5.73. The molecule has 6 nitrogen and oxygen atoms in total. The first-order valence-corrected chi connectivity index (χ1v) is 7.75. The zero-order chi connectivity index (χ0) is 17.2. The molecular formula is C19H14N4O2. The SMILES string of the molecule is O=C1NN=C(c2ccccc2)C1=Cc1c(-c2ccccc2)[nH][nH]c1=O. The van der Waals surface area contributed by atoms with E-state index in [4.69, 9.17) is 0 Å². The molecule has 2 heterocycles. The molecule has 1 aliphatic heterocycles. The summed E-state index contributed by atoms with van der Waals surface area (Å²) in [6.45, 7) is 0. The second-order valence-electron chi connectivity index (χ2n) is 5.56. The fourth-order valence-corrected chi connectivity index (χ4v) is 2.77. The fourth-order valence-electron chi connectivity index (χ4n) is 2.77. The molecule has 0 saturated heterocycles. The van der Waals surface area contributed by atoms with Crippen LogP contribution in [-0.2, 0) is 4.79 Å². The van der Waals surface area contributed by atoms with Crippen molar-refractivity contribution in [3.63, 3.8) is 0 Å². The first kappa shape index (κ1) is 14.9. The molecule has 0 radical (unpaired) electrons. The molecule has 25 heavy (non-hydrogen) atoms. The molecule has 1 aromatic heterocycles. The van der Waals surface area contributed by atoms with E-state index in [1.807, 2.05) is 60.7 Å². The molecular weight excluding hydrogens is 316 g/mol. The Morgan fingerprint density at radius 1 is 0.800 bits per heavy atom. The van der Waals surface area contributed by atoms with Gasteiger partial charge in [-0.3, -0.25) is 19.8 Å². The smallest absolute Gasteiger partial charge is 0.273 e. The Balaban J connectivity index is 1.84. The number of carbonyl (C=O) groups excluding carboxylic acids is 1. The number of nitrogens with one attached hydrogen (secondary N) is 3. The van der Waals surface area contributed by atoms with Gasteiger partial charge in [-0.05, 0) is 6.08 Å². The first-order valence-electron chi connectivity index (χ1n) is 7.75. The molecule has 0 bridgehead atoms. The zero-order valence-corrected chi connectivity index (χ0v) is 13.1. The van der Waals surface area contributed by atoms with Crippen LogP contribution in [0.5, 0.6) is 0 Å². The Bertz CT molecular complexity index is 1040. The molecule has 0 saturated carbocycles. The Morgan fingerprint density at radius 2 is 1.44 bits per heavy atom. The van der Waals surface area contributed by atoms with Crippen LogP contribution in [0.2, 0.25) is 0 Å². The standard InChI is InChI=1S/C19H14N4O2/c24-18-14(16(20-22-18)12-7-3-1-4-8-12)11-15-17(21-23-19(15)25)13-9-5-2-6-10-13/h1-11H,(H,22,24)(H2,21,23,25). The highest BCUT2D eigenvalue weighted by Gasteiger charge is 2.25. The maximum atomic E-state index is 12.2. The molecule has 4 rings (SSSR count). The van der Waals surface area contributed by atoms with Crippen LogP contribution >= 0.6 is 0 Å². The van der Waals surface area contributed by atoms with Gasteiger partial charge in [-0.25, -0.2) is 5.43 Å². The summed E-state index contributed by atoms with van der Waals surface area (Å²) in [5.74, 6) is -0.335. The van der Waals surface area contributed by atoms with Crippen LogP contribution in [0.4, 0.5) is 0 Å². The molecule has 3 aromatic rings. The highest BCUT2D eigenvalue weighted by atomic mass is 16.2. The predicted molar refractivity (Wildman–Crippen MR) is 95.9 cm³/mol. The minimum absolute atomic E-state index is 0.293. The van der Waals surface area contributed by atoms with Crippen LogP contribution in [0.3, 0.4) is 0 Å². The summed E-state index contributed by atoms with van der Waals surface area (Å²) >= 11 is 0. The largest absolute Gasteiger partial charge is 0.297 e. The van der Waals surface area contributed by atoms with E-state index in [1.165, 1.54) is 0 Å². The van der Waals surface area contributed by atoms with Crippen molar-refractivity contribution in [2.24, 2.45) is 5.10 Å². The van der Waals surface area contributed by atoms with E-state index in [1.54, 1.807) is 6.08 Å². The number of benzene rings is 2. The van der Waals surface area contributed by atoms with E-state index in [-0.39, 0.29) is 11.5 Å². The van der Waals surface area contributed by atoms with Crippen LogP contribution in [-0.4, -0.2) is 21.8 Å². The molecule has 6 heteroatoms. The lowest BCUT2D eigenvalue weighted by Crippen LogP contribution is -2.14. The molecule has 0 spiro atoms. The quantitative estimate of drug-likeness (QED) is 0.643. The van der Waals surface area contributed by atoms with Crippen LogP contribution in [0.15, 0.2) is 76.1 Å². The van der Waals surface area contributed by atoms with Crippen molar-refractivity contribution in [1.82, 2.24) is 15.6 Å². The van der Waals surface area contributed by atoms with Crippen molar-refractivity contribution in [2.45, 2.75) is 0 Å². The van der Waals surface area contributed by atoms with Gasteiger partial charge in [0.05, 0.1) is 16.8 Å². The minimum Gasteiger partial charge on any atom is -0.297 e. The van der Waals surface area contributed by atoms with Crippen LogP contribution in [0, 0.1) is 0 Å². The van der Waals surface area contributed by atoms with Gasteiger partial charge >= 0.3 is 0 Å². The third kappa shape index (κ3) is 2.70. The van der Waals surface area contributed by atoms with E-state index < -0.39 is 0 Å². The maximum absolute atomic E-state index is 12.2. The number of rotatable bonds is 3. The van der Waals surface area contributed by atoms with E-state index in [9.17, 15) is 9.59 Å². The minimum atomic E-state index is -0.335. The molecule has 0 aliphatic carbocycles. The van der Waals surface area contributed by atoms with Gasteiger partial charge in [-0.2, -0.15) is 5.10 Å². The second-order valence-corrected chi connectivity index (χ2v) is 5.56. The highest BCUT2D eigenvalue weighted by Crippen LogP contribution is 2.23. The van der Waals surface area contributed by atoms with Gasteiger partial charge in [-0.15, -0.1) is 0 Å². The number of carbonyl (C=O) groups is 1. The molecule has 3 N–H and O–H groups in total. The average Bonchev–Trinajstić information content (AvgIpc) is 3.21. The Hall–Kier alpha value is -3.67. The Kier molecular flexibility index (Phi) is 3.63. The second kappa shape index (κ2) is 6.09. The van der Waals surface area contributed by atoms with Crippen LogP contribution in [0.1, 0.15) is 11.1 Å². The van der Waals surface area contributed by atoms with Crippen molar-refractivity contribution in [1.29, 1.82) is 0 Å². The molecule has 2 aromatic carbocycles. The van der Waals surface area contributed by atoms with Gasteiger partial charge in [0.25, 0.3) is 11.5 Å². The van der Waals surface area contributed by atoms with Crippen molar-refractivity contribution >= 4 is 17.7 Å². The molecule has 0 atom stereocenters. The van der Waals surface area contributed by atoms with Crippen LogP contribution in [0.25, 0.3) is 17.3 Å². The number of hydrogen-bond donors (Lipinski definition) is 3. The van der Waals surface area contributed by atoms with E-state index in [2.05, 4.69) is 20.7 Å². The Morgan fingerprint density at radius 3 is 2.12 bits per heavy atom.